The molecule has 0 saturated heterocycles. The third-order valence-corrected chi connectivity index (χ3v) is 2.56. The second-order valence-corrected chi connectivity index (χ2v) is 4.13. The van der Waals surface area contributed by atoms with Crippen molar-refractivity contribution >= 4 is 0 Å². The van der Waals surface area contributed by atoms with Gasteiger partial charge in [0.15, 0.2) is 0 Å². The van der Waals surface area contributed by atoms with E-state index in [2.05, 4.69) is 10.1 Å². The number of aryl methyl sites for hydroxylation is 1. The van der Waals surface area contributed by atoms with Gasteiger partial charge in [-0.15, -0.1) is 5.10 Å². The highest BCUT2D eigenvalue weighted by molar-refractivity contribution is 5.31. The fourth-order valence-electron chi connectivity index (χ4n) is 1.61. The smallest absolute Gasteiger partial charge is 0.252 e. The highest BCUT2D eigenvalue weighted by Crippen LogP contribution is 2.16. The molecule has 0 amide bonds. The van der Waals surface area contributed by atoms with Gasteiger partial charge in [-0.25, -0.2) is 9.67 Å². The summed E-state index contributed by atoms with van der Waals surface area (Å²) >= 11 is 0. The molecule has 0 saturated carbocycles. The first-order chi connectivity index (χ1) is 9.19. The quantitative estimate of drug-likeness (QED) is 0.861. The summed E-state index contributed by atoms with van der Waals surface area (Å²) in [6.07, 6.45) is 0.697. The molecule has 1 atom stereocenters. The number of para-hydroxylation sites is 1. The summed E-state index contributed by atoms with van der Waals surface area (Å²) in [7, 11) is 0. The zero-order valence-corrected chi connectivity index (χ0v) is 10.5. The van der Waals surface area contributed by atoms with Gasteiger partial charge in [0.1, 0.15) is 30.9 Å². The number of ether oxygens (including phenoxy) is 1. The van der Waals surface area contributed by atoms with Gasteiger partial charge in [-0.2, -0.15) is 5.26 Å². The van der Waals surface area contributed by atoms with E-state index in [0.29, 0.717) is 0 Å². The monoisotopic (exact) mass is 258 g/mol. The molecule has 1 aromatic heterocycles. The summed E-state index contributed by atoms with van der Waals surface area (Å²) in [6, 6.07) is 9.43. The number of nitriles is 1. The lowest BCUT2D eigenvalue weighted by atomic mass is 10.2. The van der Waals surface area contributed by atoms with Crippen LogP contribution in [0.25, 0.3) is 0 Å². The van der Waals surface area contributed by atoms with Gasteiger partial charge in [-0.3, -0.25) is 0 Å². The Morgan fingerprint density at radius 2 is 2.26 bits per heavy atom. The van der Waals surface area contributed by atoms with Crippen molar-refractivity contribution in [2.75, 3.05) is 6.61 Å². The Morgan fingerprint density at radius 1 is 1.47 bits per heavy atom. The van der Waals surface area contributed by atoms with Crippen LogP contribution in [0.5, 0.6) is 5.75 Å². The van der Waals surface area contributed by atoms with Crippen molar-refractivity contribution in [2.24, 2.45) is 0 Å². The molecule has 2 aromatic rings. The molecule has 98 valence electrons. The van der Waals surface area contributed by atoms with Gasteiger partial charge >= 0.3 is 0 Å². The number of aliphatic hydroxyl groups excluding tert-OH is 1. The molecule has 1 heterocycles. The first-order valence-electron chi connectivity index (χ1n) is 5.85. The van der Waals surface area contributed by atoms with Crippen LogP contribution in [-0.4, -0.2) is 32.6 Å². The van der Waals surface area contributed by atoms with Gasteiger partial charge in [-0.1, -0.05) is 18.2 Å². The maximum Gasteiger partial charge on any atom is 0.252 e. The number of rotatable bonds is 5. The Hall–Kier alpha value is -2.39. The van der Waals surface area contributed by atoms with E-state index in [9.17, 15) is 5.11 Å². The molecule has 0 aliphatic heterocycles. The van der Waals surface area contributed by atoms with E-state index in [1.807, 2.05) is 37.3 Å². The van der Waals surface area contributed by atoms with Gasteiger partial charge in [0.05, 0.1) is 6.54 Å². The highest BCUT2D eigenvalue weighted by Gasteiger charge is 2.09. The van der Waals surface area contributed by atoms with Gasteiger partial charge in [-0.05, 0) is 18.6 Å². The molecular weight excluding hydrogens is 244 g/mol. The molecule has 0 radical (unpaired) electrons. The lowest BCUT2D eigenvalue weighted by Crippen LogP contribution is -2.24. The first kappa shape index (κ1) is 13.1. The molecule has 0 spiro atoms. The van der Waals surface area contributed by atoms with Gasteiger partial charge in [0, 0.05) is 0 Å². The fraction of sp³-hybridized carbons (Fsp3) is 0.308. The normalized spacial score (nSPS) is 11.8. The molecule has 1 unspecified atom stereocenters. The number of hydrogen-bond acceptors (Lipinski definition) is 5. The van der Waals surface area contributed by atoms with E-state index in [1.165, 1.54) is 11.0 Å². The Labute approximate surface area is 110 Å². The van der Waals surface area contributed by atoms with Crippen LogP contribution in [0.4, 0.5) is 0 Å². The third kappa shape index (κ3) is 3.53. The van der Waals surface area contributed by atoms with Crippen molar-refractivity contribution < 1.29 is 9.84 Å². The standard InChI is InChI=1S/C13H14N4O2/c1-10-4-2-3-5-12(10)19-8-11(18)7-17-9-15-13(6-14)16-17/h2-5,9,11,18H,7-8H2,1H3. The molecule has 1 aromatic carbocycles. The van der Waals surface area contributed by atoms with Crippen LogP contribution < -0.4 is 4.74 Å². The van der Waals surface area contributed by atoms with E-state index < -0.39 is 6.10 Å². The zero-order chi connectivity index (χ0) is 13.7. The van der Waals surface area contributed by atoms with E-state index in [4.69, 9.17) is 10.00 Å². The second kappa shape index (κ2) is 5.98. The number of aliphatic hydroxyl groups is 1. The van der Waals surface area contributed by atoms with E-state index in [1.54, 1.807) is 0 Å². The molecule has 0 fully saturated rings. The largest absolute Gasteiger partial charge is 0.491 e. The number of benzene rings is 1. The summed E-state index contributed by atoms with van der Waals surface area (Å²) in [5.74, 6) is 0.838. The molecule has 0 aliphatic carbocycles. The maximum absolute atomic E-state index is 9.84. The van der Waals surface area contributed by atoms with E-state index in [-0.39, 0.29) is 19.0 Å². The third-order valence-electron chi connectivity index (χ3n) is 2.56. The Bertz CT molecular complexity index is 588. The zero-order valence-electron chi connectivity index (χ0n) is 10.5. The minimum atomic E-state index is -0.715. The minimum absolute atomic E-state index is 0.0898. The summed E-state index contributed by atoms with van der Waals surface area (Å²) < 4.78 is 6.95. The Balaban J connectivity index is 1.87. The van der Waals surface area contributed by atoms with Crippen molar-refractivity contribution in [1.82, 2.24) is 14.8 Å². The van der Waals surface area contributed by atoms with Crippen molar-refractivity contribution in [3.8, 4) is 11.8 Å². The Morgan fingerprint density at radius 3 is 2.95 bits per heavy atom. The van der Waals surface area contributed by atoms with Gasteiger partial charge in [0.2, 0.25) is 0 Å². The van der Waals surface area contributed by atoms with Gasteiger partial charge < -0.3 is 9.84 Å². The van der Waals surface area contributed by atoms with E-state index in [0.717, 1.165) is 11.3 Å². The minimum Gasteiger partial charge on any atom is -0.491 e. The SMILES string of the molecule is Cc1ccccc1OCC(O)Cn1cnc(C#N)n1. The maximum atomic E-state index is 9.84. The molecule has 0 bridgehead atoms. The van der Waals surface area contributed by atoms with Crippen LogP contribution in [0.15, 0.2) is 30.6 Å². The Kier molecular flexibility index (Phi) is 4.11. The van der Waals surface area contributed by atoms with Crippen LogP contribution in [0.1, 0.15) is 11.4 Å². The van der Waals surface area contributed by atoms with Crippen LogP contribution in [0.2, 0.25) is 0 Å². The number of hydrogen-bond donors (Lipinski definition) is 1. The van der Waals surface area contributed by atoms with Crippen LogP contribution in [0, 0.1) is 18.3 Å². The summed E-state index contributed by atoms with van der Waals surface area (Å²) in [5.41, 5.74) is 1.02. The molecule has 1 N–H and O–H groups in total. The first-order valence-corrected chi connectivity index (χ1v) is 5.85. The summed E-state index contributed by atoms with van der Waals surface area (Å²) in [5, 5.41) is 22.3. The van der Waals surface area contributed by atoms with Crippen molar-refractivity contribution in [3.63, 3.8) is 0 Å². The lowest BCUT2D eigenvalue weighted by Gasteiger charge is -2.13. The molecular formula is C13H14N4O2. The topological polar surface area (TPSA) is 84.0 Å². The average molecular weight is 258 g/mol. The predicted octanol–water partition coefficient (Wildman–Crippen LogP) is 0.898. The van der Waals surface area contributed by atoms with Crippen LogP contribution in [-0.2, 0) is 6.54 Å². The van der Waals surface area contributed by atoms with E-state index >= 15 is 0 Å². The van der Waals surface area contributed by atoms with Crippen molar-refractivity contribution in [3.05, 3.63) is 42.0 Å². The molecule has 0 aliphatic rings. The predicted molar refractivity (Wildman–Crippen MR) is 67.4 cm³/mol. The highest BCUT2D eigenvalue weighted by atomic mass is 16.5. The van der Waals surface area contributed by atoms with Crippen molar-refractivity contribution in [2.45, 2.75) is 19.6 Å². The van der Waals surface area contributed by atoms with Crippen LogP contribution >= 0.6 is 0 Å². The summed E-state index contributed by atoms with van der Waals surface area (Å²) in [4.78, 5) is 3.76. The molecule has 2 rings (SSSR count). The van der Waals surface area contributed by atoms with Gasteiger partial charge in [0.25, 0.3) is 5.82 Å². The molecule has 6 nitrogen and oxygen atoms in total. The van der Waals surface area contributed by atoms with Crippen LogP contribution in [0.3, 0.4) is 0 Å². The number of nitrogens with zero attached hydrogens (tertiary/aromatic N) is 4. The molecule has 6 heteroatoms. The lowest BCUT2D eigenvalue weighted by molar-refractivity contribution is 0.0889. The summed E-state index contributed by atoms with van der Waals surface area (Å²) in [6.45, 7) is 2.34. The molecule has 19 heavy (non-hydrogen) atoms. The van der Waals surface area contributed by atoms with Crippen molar-refractivity contribution in [1.29, 1.82) is 5.26 Å². The average Bonchev–Trinajstić information content (AvgIpc) is 2.85. The fourth-order valence-corrected chi connectivity index (χ4v) is 1.61. The second-order valence-electron chi connectivity index (χ2n) is 4.13. The number of aromatic nitrogens is 3.